The molecule has 0 radical (unpaired) electrons. The van der Waals surface area contributed by atoms with Gasteiger partial charge in [-0.25, -0.2) is 9.37 Å². The van der Waals surface area contributed by atoms with E-state index in [1.807, 2.05) is 16.7 Å². The van der Waals surface area contributed by atoms with Crippen LogP contribution in [-0.4, -0.2) is 77.3 Å². The summed E-state index contributed by atoms with van der Waals surface area (Å²) < 4.78 is 13.2. The molecule has 2 aliphatic heterocycles. The van der Waals surface area contributed by atoms with Gasteiger partial charge in [-0.3, -0.25) is 14.5 Å². The first-order valence-electron chi connectivity index (χ1n) is 10.5. The molecule has 2 amide bonds. The number of carbonyl (C=O) groups is 2. The van der Waals surface area contributed by atoms with Gasteiger partial charge in [-0.1, -0.05) is 0 Å². The molecule has 0 N–H and O–H groups in total. The summed E-state index contributed by atoms with van der Waals surface area (Å²) in [5, 5.41) is 0.724. The number of carbonyl (C=O) groups excluding carboxylic acids is 2. The second-order valence-electron chi connectivity index (χ2n) is 7.95. The maximum atomic E-state index is 13.2. The highest BCUT2D eigenvalue weighted by atomic mass is 32.1. The molecule has 2 saturated heterocycles. The number of piperidine rings is 1. The van der Waals surface area contributed by atoms with Gasteiger partial charge in [0.1, 0.15) is 15.7 Å². The molecule has 0 atom stereocenters. The molecular weight excluding hydrogens is 403 g/mol. The van der Waals surface area contributed by atoms with E-state index in [4.69, 9.17) is 0 Å². The number of hydrogen-bond acceptors (Lipinski definition) is 5. The van der Waals surface area contributed by atoms with E-state index in [2.05, 4.69) is 9.88 Å². The number of piperazine rings is 1. The number of nitrogens with zero attached hydrogens (tertiary/aromatic N) is 4. The smallest absolute Gasteiger partial charge is 0.265 e. The monoisotopic (exact) mass is 430 g/mol. The van der Waals surface area contributed by atoms with E-state index in [1.165, 1.54) is 29.9 Å². The maximum absolute atomic E-state index is 13.2. The van der Waals surface area contributed by atoms with Crippen LogP contribution in [0.5, 0.6) is 0 Å². The number of halogens is 1. The van der Waals surface area contributed by atoms with Crippen LogP contribution in [0.15, 0.2) is 24.3 Å². The summed E-state index contributed by atoms with van der Waals surface area (Å²) in [4.78, 5) is 36.6. The molecule has 160 valence electrons. The first-order valence-corrected chi connectivity index (χ1v) is 11.4. The minimum Gasteiger partial charge on any atom is -0.342 e. The van der Waals surface area contributed by atoms with Crippen molar-refractivity contribution in [3.63, 3.8) is 0 Å². The van der Waals surface area contributed by atoms with E-state index in [-0.39, 0.29) is 17.6 Å². The number of thiazole rings is 1. The van der Waals surface area contributed by atoms with Crippen LogP contribution in [-0.2, 0) is 4.79 Å². The number of likely N-dealkylation sites (tertiary alicyclic amines) is 1. The third kappa shape index (κ3) is 4.70. The van der Waals surface area contributed by atoms with Crippen molar-refractivity contribution >= 4 is 23.2 Å². The third-order valence-electron chi connectivity index (χ3n) is 5.81. The number of rotatable bonds is 4. The van der Waals surface area contributed by atoms with E-state index < -0.39 is 0 Å². The topological polar surface area (TPSA) is 56.8 Å². The van der Waals surface area contributed by atoms with Gasteiger partial charge in [0.2, 0.25) is 5.91 Å². The number of hydrogen-bond donors (Lipinski definition) is 0. The predicted octanol–water partition coefficient (Wildman–Crippen LogP) is 3.03. The molecule has 6 nitrogen and oxygen atoms in total. The van der Waals surface area contributed by atoms with Crippen LogP contribution in [0, 0.1) is 12.7 Å². The molecule has 0 aliphatic carbocycles. The molecule has 2 aromatic rings. The quantitative estimate of drug-likeness (QED) is 0.748. The Kier molecular flexibility index (Phi) is 6.43. The van der Waals surface area contributed by atoms with Crippen LogP contribution in [0.2, 0.25) is 0 Å². The Hall–Kier alpha value is -2.32. The second kappa shape index (κ2) is 9.22. The van der Waals surface area contributed by atoms with Crippen LogP contribution < -0.4 is 0 Å². The lowest BCUT2D eigenvalue weighted by Crippen LogP contribution is -2.52. The van der Waals surface area contributed by atoms with Crippen LogP contribution in [0.4, 0.5) is 4.39 Å². The van der Waals surface area contributed by atoms with Crippen LogP contribution in [0.3, 0.4) is 0 Å². The molecule has 0 saturated carbocycles. The summed E-state index contributed by atoms with van der Waals surface area (Å²) in [6.45, 7) is 6.64. The molecule has 8 heteroatoms. The molecule has 1 aromatic heterocycles. The molecule has 0 bridgehead atoms. The fraction of sp³-hybridized carbons (Fsp3) is 0.500. The van der Waals surface area contributed by atoms with Gasteiger partial charge in [0.15, 0.2) is 0 Å². The first-order chi connectivity index (χ1) is 14.5. The Balaban J connectivity index is 1.34. The summed E-state index contributed by atoms with van der Waals surface area (Å²) in [6.07, 6.45) is 3.41. The van der Waals surface area contributed by atoms with Crippen molar-refractivity contribution in [2.75, 3.05) is 45.8 Å². The van der Waals surface area contributed by atoms with Gasteiger partial charge in [0, 0.05) is 44.8 Å². The molecule has 2 aliphatic rings. The van der Waals surface area contributed by atoms with E-state index >= 15 is 0 Å². The fourth-order valence-corrected chi connectivity index (χ4v) is 5.04. The number of benzene rings is 1. The number of amides is 2. The summed E-state index contributed by atoms with van der Waals surface area (Å²) in [5.41, 5.74) is 1.51. The normalized spacial score (nSPS) is 17.9. The minimum absolute atomic E-state index is 0.0135. The zero-order valence-corrected chi connectivity index (χ0v) is 18.1. The van der Waals surface area contributed by atoms with Crippen LogP contribution >= 0.6 is 11.3 Å². The van der Waals surface area contributed by atoms with Gasteiger partial charge in [-0.05, 0) is 50.5 Å². The number of aromatic nitrogens is 1. The first kappa shape index (κ1) is 20.9. The summed E-state index contributed by atoms with van der Waals surface area (Å²) in [7, 11) is 0. The summed E-state index contributed by atoms with van der Waals surface area (Å²) in [6, 6.07) is 6.16. The average Bonchev–Trinajstić information content (AvgIpc) is 3.16. The van der Waals surface area contributed by atoms with Gasteiger partial charge >= 0.3 is 0 Å². The minimum atomic E-state index is -0.292. The lowest BCUT2D eigenvalue weighted by Gasteiger charge is -2.36. The van der Waals surface area contributed by atoms with E-state index in [0.717, 1.165) is 36.5 Å². The molecule has 3 heterocycles. The standard InChI is InChI=1S/C22H27FN4O2S/c1-16-20(30-21(24-16)17-5-7-18(23)8-6-17)22(29)27-13-11-25(12-14-27)15-19(28)26-9-3-2-4-10-26/h5-8H,2-4,9-15H2,1H3. The van der Waals surface area contributed by atoms with Gasteiger partial charge in [0.05, 0.1) is 12.2 Å². The van der Waals surface area contributed by atoms with Crippen molar-refractivity contribution in [2.24, 2.45) is 0 Å². The van der Waals surface area contributed by atoms with Crippen molar-refractivity contribution in [3.8, 4) is 10.6 Å². The lowest BCUT2D eigenvalue weighted by atomic mass is 10.1. The highest BCUT2D eigenvalue weighted by Gasteiger charge is 2.27. The lowest BCUT2D eigenvalue weighted by molar-refractivity contribution is -0.133. The molecule has 4 rings (SSSR count). The highest BCUT2D eigenvalue weighted by Crippen LogP contribution is 2.29. The summed E-state index contributed by atoms with van der Waals surface area (Å²) >= 11 is 1.35. The van der Waals surface area contributed by atoms with Gasteiger partial charge < -0.3 is 9.80 Å². The second-order valence-corrected chi connectivity index (χ2v) is 8.95. The zero-order chi connectivity index (χ0) is 21.1. The van der Waals surface area contributed by atoms with Crippen LogP contribution in [0.1, 0.15) is 34.6 Å². The fourth-order valence-electron chi connectivity index (χ4n) is 4.00. The van der Waals surface area contributed by atoms with Crippen molar-refractivity contribution < 1.29 is 14.0 Å². The third-order valence-corrected chi connectivity index (χ3v) is 7.00. The molecule has 2 fully saturated rings. The Morgan fingerprint density at radius 3 is 2.30 bits per heavy atom. The van der Waals surface area contributed by atoms with Crippen LogP contribution in [0.25, 0.3) is 10.6 Å². The Labute approximate surface area is 180 Å². The van der Waals surface area contributed by atoms with E-state index in [1.54, 1.807) is 12.1 Å². The average molecular weight is 431 g/mol. The molecule has 0 unspecified atom stereocenters. The Bertz CT molecular complexity index is 900. The Morgan fingerprint density at radius 2 is 1.63 bits per heavy atom. The molecule has 30 heavy (non-hydrogen) atoms. The van der Waals surface area contributed by atoms with Gasteiger partial charge in [-0.2, -0.15) is 0 Å². The molecular formula is C22H27FN4O2S. The van der Waals surface area contributed by atoms with Crippen molar-refractivity contribution in [1.82, 2.24) is 19.7 Å². The van der Waals surface area contributed by atoms with Gasteiger partial charge in [-0.15, -0.1) is 11.3 Å². The van der Waals surface area contributed by atoms with Crippen molar-refractivity contribution in [1.29, 1.82) is 0 Å². The number of aryl methyl sites for hydroxylation is 1. The van der Waals surface area contributed by atoms with Crippen molar-refractivity contribution in [2.45, 2.75) is 26.2 Å². The highest BCUT2D eigenvalue weighted by molar-refractivity contribution is 7.17. The van der Waals surface area contributed by atoms with Crippen molar-refractivity contribution in [3.05, 3.63) is 40.7 Å². The SMILES string of the molecule is Cc1nc(-c2ccc(F)cc2)sc1C(=O)N1CCN(CC(=O)N2CCCCC2)CC1. The largest absolute Gasteiger partial charge is 0.342 e. The molecule has 1 aromatic carbocycles. The molecule has 0 spiro atoms. The predicted molar refractivity (Wildman–Crippen MR) is 115 cm³/mol. The Morgan fingerprint density at radius 1 is 0.967 bits per heavy atom. The van der Waals surface area contributed by atoms with E-state index in [0.29, 0.717) is 43.3 Å². The zero-order valence-electron chi connectivity index (χ0n) is 17.3. The van der Waals surface area contributed by atoms with Gasteiger partial charge in [0.25, 0.3) is 5.91 Å². The summed E-state index contributed by atoms with van der Waals surface area (Å²) in [5.74, 6) is -0.1000. The van der Waals surface area contributed by atoms with E-state index in [9.17, 15) is 14.0 Å². The maximum Gasteiger partial charge on any atom is 0.265 e.